The quantitative estimate of drug-likeness (QED) is 0.209. The lowest BCUT2D eigenvalue weighted by molar-refractivity contribution is -0.140. The number of nitrogens with zero attached hydrogens (tertiary/aromatic N) is 1. The van der Waals surface area contributed by atoms with Crippen molar-refractivity contribution >= 4 is 9.73 Å². The number of alkyl halides is 3. The number of rotatable bonds is 8. The van der Waals surface area contributed by atoms with Crippen molar-refractivity contribution in [2.45, 2.75) is 24.6 Å². The van der Waals surface area contributed by atoms with Crippen LogP contribution in [0.15, 0.2) is 65.6 Å². The van der Waals surface area contributed by atoms with Crippen molar-refractivity contribution in [3.63, 3.8) is 0 Å². The van der Waals surface area contributed by atoms with Gasteiger partial charge in [0.15, 0.2) is 11.6 Å². The average Bonchev–Trinajstić information content (AvgIpc) is 2.89. The molecule has 0 aliphatic carbocycles. The maximum Gasteiger partial charge on any atom is 0.419 e. The first kappa shape index (κ1) is 29.7. The normalized spacial score (nSPS) is 13.0. The van der Waals surface area contributed by atoms with E-state index in [0.717, 1.165) is 25.0 Å². The summed E-state index contributed by atoms with van der Waals surface area (Å²) < 4.78 is 122. The van der Waals surface area contributed by atoms with E-state index in [1.54, 1.807) is 30.3 Å². The molecule has 0 radical (unpaired) electrons. The molecule has 1 aromatic heterocycles. The molecule has 0 aliphatic heterocycles. The molecule has 0 amide bonds. The third kappa shape index (κ3) is 6.40. The van der Waals surface area contributed by atoms with E-state index < -0.39 is 61.7 Å². The maximum atomic E-state index is 14.9. The molecule has 1 unspecified atom stereocenters. The van der Waals surface area contributed by atoms with Gasteiger partial charge in [0.05, 0.1) is 28.1 Å². The second-order valence-corrected chi connectivity index (χ2v) is 11.0. The Balaban J connectivity index is 1.98. The number of benzene rings is 3. The van der Waals surface area contributed by atoms with E-state index in [1.165, 1.54) is 13.0 Å². The van der Waals surface area contributed by atoms with E-state index in [0.29, 0.717) is 18.2 Å². The van der Waals surface area contributed by atoms with Gasteiger partial charge in [-0.2, -0.15) is 17.6 Å². The van der Waals surface area contributed by atoms with Gasteiger partial charge in [-0.25, -0.2) is 17.8 Å². The zero-order chi connectivity index (χ0) is 30.1. The summed E-state index contributed by atoms with van der Waals surface area (Å²) in [7, 11) is -2.74. The molecule has 216 valence electrons. The first-order chi connectivity index (χ1) is 19.2. The summed E-state index contributed by atoms with van der Waals surface area (Å²) in [6.45, 7) is 1.48. The number of halogens is 6. The summed E-state index contributed by atoms with van der Waals surface area (Å²) in [5.74, 6) is -6.59. The van der Waals surface area contributed by atoms with Crippen LogP contribution in [0.5, 0.6) is 23.0 Å². The average molecular weight is 597 g/mol. The van der Waals surface area contributed by atoms with E-state index in [-0.39, 0.29) is 28.6 Å². The van der Waals surface area contributed by atoms with Crippen molar-refractivity contribution < 1.29 is 44.8 Å². The van der Waals surface area contributed by atoms with Crippen LogP contribution in [0.2, 0.25) is 0 Å². The molecule has 0 saturated carbocycles. The Morgan fingerprint density at radius 2 is 1.61 bits per heavy atom. The van der Waals surface area contributed by atoms with Crippen molar-refractivity contribution in [2.75, 3.05) is 13.4 Å². The van der Waals surface area contributed by atoms with Crippen LogP contribution in [0.4, 0.5) is 26.3 Å². The summed E-state index contributed by atoms with van der Waals surface area (Å²) in [5.41, 5.74) is -1.59. The molecular formula is C28H22F6N2O4S. The van der Waals surface area contributed by atoms with Gasteiger partial charge in [0, 0.05) is 23.6 Å². The molecule has 3 aromatic carbocycles. The van der Waals surface area contributed by atoms with Crippen LogP contribution < -0.4 is 14.2 Å². The second kappa shape index (κ2) is 11.3. The molecule has 0 bridgehead atoms. The summed E-state index contributed by atoms with van der Waals surface area (Å²) in [6, 6.07) is 12.5. The molecule has 0 fully saturated rings. The van der Waals surface area contributed by atoms with Gasteiger partial charge in [0.25, 0.3) is 0 Å². The maximum absolute atomic E-state index is 14.9. The molecule has 6 nitrogen and oxygen atoms in total. The van der Waals surface area contributed by atoms with Crippen LogP contribution in [0, 0.1) is 29.2 Å². The molecule has 0 aliphatic rings. The molecule has 1 atom stereocenters. The molecule has 13 heteroatoms. The van der Waals surface area contributed by atoms with Gasteiger partial charge in [0.1, 0.15) is 28.8 Å². The number of methoxy groups -OCH3 is 1. The first-order valence-electron chi connectivity index (χ1n) is 11.7. The lowest BCUT2D eigenvalue weighted by Crippen LogP contribution is -2.11. The SMILES string of the molecule is COc1c(Oc2cc(C(F)(F)F)c(F)cc2-c2nc(C)cc(OCc3ccccc3)c2S(C)(=N)=O)ccc(F)c1F. The number of nitrogens with one attached hydrogen (secondary N) is 1. The number of ether oxygens (including phenoxy) is 3. The predicted octanol–water partition coefficient (Wildman–Crippen LogP) is 7.91. The van der Waals surface area contributed by atoms with Crippen LogP contribution in [0.3, 0.4) is 0 Å². The summed E-state index contributed by atoms with van der Waals surface area (Å²) in [6.07, 6.45) is -4.13. The lowest BCUT2D eigenvalue weighted by Gasteiger charge is -2.20. The van der Waals surface area contributed by atoms with E-state index >= 15 is 0 Å². The van der Waals surface area contributed by atoms with Crippen molar-refractivity contribution in [3.05, 3.63) is 94.9 Å². The Kier molecular flexibility index (Phi) is 8.20. The number of hydrogen-bond donors (Lipinski definition) is 1. The fourth-order valence-electron chi connectivity index (χ4n) is 3.98. The van der Waals surface area contributed by atoms with Crippen LogP contribution in [-0.2, 0) is 22.5 Å². The van der Waals surface area contributed by atoms with Crippen molar-refractivity contribution in [2.24, 2.45) is 0 Å². The molecular weight excluding hydrogens is 574 g/mol. The van der Waals surface area contributed by atoms with E-state index in [1.807, 2.05) is 0 Å². The minimum atomic E-state index is -5.17. The molecule has 41 heavy (non-hydrogen) atoms. The number of aryl methyl sites for hydroxylation is 1. The number of aromatic nitrogens is 1. The Labute approximate surface area is 231 Å². The largest absolute Gasteiger partial charge is 0.490 e. The third-order valence-electron chi connectivity index (χ3n) is 5.76. The third-order valence-corrected chi connectivity index (χ3v) is 6.93. The zero-order valence-corrected chi connectivity index (χ0v) is 22.6. The van der Waals surface area contributed by atoms with Gasteiger partial charge in [0.2, 0.25) is 11.6 Å². The molecule has 4 aromatic rings. The first-order valence-corrected chi connectivity index (χ1v) is 13.7. The molecule has 1 heterocycles. The lowest BCUT2D eigenvalue weighted by atomic mass is 10.0. The highest BCUT2D eigenvalue weighted by Gasteiger charge is 2.36. The summed E-state index contributed by atoms with van der Waals surface area (Å²) >= 11 is 0. The van der Waals surface area contributed by atoms with Gasteiger partial charge in [-0.1, -0.05) is 30.3 Å². The topological polar surface area (TPSA) is 81.5 Å². The highest BCUT2D eigenvalue weighted by atomic mass is 32.2. The molecule has 0 saturated heterocycles. The predicted molar refractivity (Wildman–Crippen MR) is 138 cm³/mol. The van der Waals surface area contributed by atoms with Crippen LogP contribution in [-0.4, -0.2) is 22.6 Å². The Morgan fingerprint density at radius 1 is 0.927 bits per heavy atom. The van der Waals surface area contributed by atoms with Gasteiger partial charge in [-0.15, -0.1) is 0 Å². The monoisotopic (exact) mass is 596 g/mol. The van der Waals surface area contributed by atoms with Crippen LogP contribution >= 0.6 is 0 Å². The van der Waals surface area contributed by atoms with Crippen molar-refractivity contribution in [1.82, 2.24) is 4.98 Å². The van der Waals surface area contributed by atoms with Gasteiger partial charge in [-0.05, 0) is 36.8 Å². The highest BCUT2D eigenvalue weighted by molar-refractivity contribution is 7.92. The summed E-state index contributed by atoms with van der Waals surface area (Å²) in [5, 5.41) is 0. The smallest absolute Gasteiger partial charge is 0.419 e. The number of hydrogen-bond acceptors (Lipinski definition) is 6. The van der Waals surface area contributed by atoms with Crippen LogP contribution in [0.1, 0.15) is 16.8 Å². The number of pyridine rings is 1. The molecule has 1 N–H and O–H groups in total. The van der Waals surface area contributed by atoms with E-state index in [9.17, 15) is 30.6 Å². The van der Waals surface area contributed by atoms with E-state index in [2.05, 4.69) is 4.98 Å². The molecule has 4 rings (SSSR count). The standard InChI is InChI=1S/C28H22F6N2O4S/c1-15-11-23(39-14-16-7-5-4-6-8-16)27(41(3,35)37)25(36-15)17-12-20(30)18(28(32,33)34)13-22(17)40-21-10-9-19(29)24(31)26(21)38-2/h4-13,35H,14H2,1-3H3. The summed E-state index contributed by atoms with van der Waals surface area (Å²) in [4.78, 5) is 3.93. The molecule has 0 spiro atoms. The Bertz CT molecular complexity index is 1710. The zero-order valence-electron chi connectivity index (χ0n) is 21.7. The fourth-order valence-corrected chi connectivity index (χ4v) is 5.00. The van der Waals surface area contributed by atoms with Crippen molar-refractivity contribution in [1.29, 1.82) is 4.78 Å². The minimum absolute atomic E-state index is 0.0248. The highest BCUT2D eigenvalue weighted by Crippen LogP contribution is 2.45. The van der Waals surface area contributed by atoms with Gasteiger partial charge >= 0.3 is 6.18 Å². The van der Waals surface area contributed by atoms with Gasteiger partial charge < -0.3 is 14.2 Å². The van der Waals surface area contributed by atoms with Crippen molar-refractivity contribution in [3.8, 4) is 34.3 Å². The van der Waals surface area contributed by atoms with E-state index in [4.69, 9.17) is 19.0 Å². The fraction of sp³-hybridized carbons (Fsp3) is 0.179. The Morgan fingerprint density at radius 3 is 2.22 bits per heavy atom. The Hall–Kier alpha value is -4.26. The minimum Gasteiger partial charge on any atom is -0.490 e. The van der Waals surface area contributed by atoms with Gasteiger partial charge in [-0.3, -0.25) is 4.98 Å². The second-order valence-electron chi connectivity index (χ2n) is 8.88. The van der Waals surface area contributed by atoms with Crippen LogP contribution in [0.25, 0.3) is 11.3 Å².